The van der Waals surface area contributed by atoms with Crippen molar-refractivity contribution < 1.29 is 14.3 Å². The van der Waals surface area contributed by atoms with Crippen LogP contribution in [0.3, 0.4) is 0 Å². The highest BCUT2D eigenvalue weighted by atomic mass is 35.5. The first-order valence-electron chi connectivity index (χ1n) is 6.03. The summed E-state index contributed by atoms with van der Waals surface area (Å²) in [6.45, 7) is 2.59. The van der Waals surface area contributed by atoms with Crippen molar-refractivity contribution in [3.8, 4) is 5.75 Å². The summed E-state index contributed by atoms with van der Waals surface area (Å²) in [6, 6.07) is 6.95. The van der Waals surface area contributed by atoms with Gasteiger partial charge in [0.25, 0.3) is 0 Å². The van der Waals surface area contributed by atoms with Crippen LogP contribution >= 0.6 is 11.6 Å². The Morgan fingerprint density at radius 1 is 1.26 bits per heavy atom. The van der Waals surface area contributed by atoms with Crippen LogP contribution in [0.5, 0.6) is 5.75 Å². The van der Waals surface area contributed by atoms with Crippen molar-refractivity contribution in [3.05, 3.63) is 29.3 Å². The van der Waals surface area contributed by atoms with Gasteiger partial charge in [-0.15, -0.1) is 0 Å². The number of ether oxygens (including phenoxy) is 1. The summed E-state index contributed by atoms with van der Waals surface area (Å²) in [4.78, 5) is 22.5. The van der Waals surface area contributed by atoms with Gasteiger partial charge in [-0.3, -0.25) is 9.59 Å². The van der Waals surface area contributed by atoms with Crippen LogP contribution < -0.4 is 15.4 Å². The molecule has 0 bridgehead atoms. The average molecular weight is 285 g/mol. The Morgan fingerprint density at radius 3 is 2.74 bits per heavy atom. The number of carbonyl (C=O) groups is 2. The zero-order chi connectivity index (χ0) is 14.1. The topological polar surface area (TPSA) is 67.4 Å². The smallest absolute Gasteiger partial charge is 0.239 e. The minimum absolute atomic E-state index is 0.0101. The summed E-state index contributed by atoms with van der Waals surface area (Å²) >= 11 is 5.80. The van der Waals surface area contributed by atoms with E-state index in [0.717, 1.165) is 0 Å². The number of hydrogen-bond donors (Lipinski definition) is 2. The van der Waals surface area contributed by atoms with Crippen molar-refractivity contribution in [2.75, 3.05) is 19.7 Å². The molecule has 1 rings (SSSR count). The second-order valence-electron chi connectivity index (χ2n) is 3.79. The van der Waals surface area contributed by atoms with E-state index in [1.165, 1.54) is 0 Å². The minimum Gasteiger partial charge on any atom is -0.493 e. The maximum Gasteiger partial charge on any atom is 0.239 e. The van der Waals surface area contributed by atoms with Crippen LogP contribution in [0.4, 0.5) is 0 Å². The Bertz CT molecular complexity index is 438. The van der Waals surface area contributed by atoms with Gasteiger partial charge in [-0.05, 0) is 25.1 Å². The zero-order valence-electron chi connectivity index (χ0n) is 10.7. The summed E-state index contributed by atoms with van der Waals surface area (Å²) in [5.74, 6) is 0.184. The molecule has 0 heterocycles. The van der Waals surface area contributed by atoms with Crippen LogP contribution in [0.1, 0.15) is 13.3 Å². The van der Waals surface area contributed by atoms with Crippen LogP contribution in [0.2, 0.25) is 5.02 Å². The Labute approximate surface area is 117 Å². The Morgan fingerprint density at radius 2 is 2.05 bits per heavy atom. The number of halogens is 1. The minimum atomic E-state index is -0.228. The molecule has 0 fully saturated rings. The molecule has 0 saturated carbocycles. The van der Waals surface area contributed by atoms with Crippen LogP contribution in [-0.4, -0.2) is 31.5 Å². The first-order valence-corrected chi connectivity index (χ1v) is 6.41. The molecule has 104 valence electrons. The monoisotopic (exact) mass is 284 g/mol. The third-order valence-corrected chi connectivity index (χ3v) is 2.45. The lowest BCUT2D eigenvalue weighted by Crippen LogP contribution is -2.37. The van der Waals surface area contributed by atoms with Gasteiger partial charge in [-0.25, -0.2) is 0 Å². The molecule has 0 aliphatic heterocycles. The highest BCUT2D eigenvalue weighted by Gasteiger charge is 2.05. The maximum atomic E-state index is 11.4. The third-order valence-electron chi connectivity index (χ3n) is 2.21. The molecule has 19 heavy (non-hydrogen) atoms. The molecular formula is C13H17ClN2O3. The molecule has 2 N–H and O–H groups in total. The number of benzene rings is 1. The SMILES string of the molecule is CCNC(=O)CNC(=O)CCOc1cccc(Cl)c1. The normalized spacial score (nSPS) is 9.79. The average Bonchev–Trinajstić information content (AvgIpc) is 2.37. The van der Waals surface area contributed by atoms with Gasteiger partial charge in [0.15, 0.2) is 0 Å². The van der Waals surface area contributed by atoms with E-state index >= 15 is 0 Å². The standard InChI is InChI=1S/C13H17ClN2O3/c1-2-15-13(18)9-16-12(17)6-7-19-11-5-3-4-10(14)8-11/h3-5,8H,2,6-7,9H2,1H3,(H,15,18)(H,16,17). The number of rotatable bonds is 7. The second kappa shape index (κ2) is 8.37. The van der Waals surface area contributed by atoms with Gasteiger partial charge in [-0.2, -0.15) is 0 Å². The molecule has 0 aliphatic rings. The first kappa shape index (κ1) is 15.3. The predicted octanol–water partition coefficient (Wildman–Crippen LogP) is 1.36. The predicted molar refractivity (Wildman–Crippen MR) is 73.3 cm³/mol. The van der Waals surface area contributed by atoms with Gasteiger partial charge in [0.1, 0.15) is 5.75 Å². The molecule has 0 unspecified atom stereocenters. The maximum absolute atomic E-state index is 11.4. The zero-order valence-corrected chi connectivity index (χ0v) is 11.5. The summed E-state index contributed by atoms with van der Waals surface area (Å²) in [6.07, 6.45) is 0.186. The van der Waals surface area contributed by atoms with E-state index in [-0.39, 0.29) is 31.4 Å². The first-order chi connectivity index (χ1) is 9.11. The van der Waals surface area contributed by atoms with Crippen molar-refractivity contribution in [2.24, 2.45) is 0 Å². The molecule has 2 amide bonds. The molecule has 0 aliphatic carbocycles. The number of carbonyl (C=O) groups excluding carboxylic acids is 2. The molecule has 5 nitrogen and oxygen atoms in total. The molecule has 0 spiro atoms. The fourth-order valence-corrected chi connectivity index (χ4v) is 1.53. The van der Waals surface area contributed by atoms with Crippen LogP contribution in [0.25, 0.3) is 0 Å². The van der Waals surface area contributed by atoms with Crippen LogP contribution in [0.15, 0.2) is 24.3 Å². The molecule has 6 heteroatoms. The quantitative estimate of drug-likeness (QED) is 0.794. The van der Waals surface area contributed by atoms with Gasteiger partial charge in [-0.1, -0.05) is 17.7 Å². The lowest BCUT2D eigenvalue weighted by Gasteiger charge is -2.07. The summed E-state index contributed by atoms with van der Waals surface area (Å²) < 4.78 is 5.37. The Balaban J connectivity index is 2.18. The van der Waals surface area contributed by atoms with E-state index in [1.807, 2.05) is 6.92 Å². The van der Waals surface area contributed by atoms with E-state index in [0.29, 0.717) is 17.3 Å². The van der Waals surface area contributed by atoms with Crippen LogP contribution in [-0.2, 0) is 9.59 Å². The lowest BCUT2D eigenvalue weighted by molar-refractivity contribution is -0.126. The largest absolute Gasteiger partial charge is 0.493 e. The highest BCUT2D eigenvalue weighted by Crippen LogP contribution is 2.16. The molecule has 0 aromatic heterocycles. The van der Waals surface area contributed by atoms with E-state index < -0.39 is 0 Å². The number of nitrogens with one attached hydrogen (secondary N) is 2. The fourth-order valence-electron chi connectivity index (χ4n) is 1.35. The Hall–Kier alpha value is -1.75. The van der Waals surface area contributed by atoms with E-state index in [4.69, 9.17) is 16.3 Å². The van der Waals surface area contributed by atoms with E-state index in [2.05, 4.69) is 10.6 Å². The molecular weight excluding hydrogens is 268 g/mol. The van der Waals surface area contributed by atoms with Gasteiger partial charge in [0, 0.05) is 11.6 Å². The molecule has 1 aromatic carbocycles. The summed E-state index contributed by atoms with van der Waals surface area (Å²) in [5, 5.41) is 5.68. The number of hydrogen-bond acceptors (Lipinski definition) is 3. The van der Waals surface area contributed by atoms with Crippen molar-refractivity contribution in [2.45, 2.75) is 13.3 Å². The van der Waals surface area contributed by atoms with E-state index in [9.17, 15) is 9.59 Å². The summed E-state index contributed by atoms with van der Waals surface area (Å²) in [7, 11) is 0. The third kappa shape index (κ3) is 6.67. The van der Waals surface area contributed by atoms with Crippen molar-refractivity contribution in [3.63, 3.8) is 0 Å². The van der Waals surface area contributed by atoms with Gasteiger partial charge < -0.3 is 15.4 Å². The van der Waals surface area contributed by atoms with Gasteiger partial charge in [0.05, 0.1) is 19.6 Å². The molecule has 0 atom stereocenters. The molecule has 0 radical (unpaired) electrons. The van der Waals surface area contributed by atoms with Crippen molar-refractivity contribution in [1.82, 2.24) is 10.6 Å². The van der Waals surface area contributed by atoms with Crippen LogP contribution in [0, 0.1) is 0 Å². The lowest BCUT2D eigenvalue weighted by atomic mass is 10.3. The van der Waals surface area contributed by atoms with Gasteiger partial charge >= 0.3 is 0 Å². The number of amides is 2. The fraction of sp³-hybridized carbons (Fsp3) is 0.385. The molecule has 1 aromatic rings. The van der Waals surface area contributed by atoms with E-state index in [1.54, 1.807) is 24.3 Å². The van der Waals surface area contributed by atoms with Crippen molar-refractivity contribution >= 4 is 23.4 Å². The number of likely N-dealkylation sites (N-methyl/N-ethyl adjacent to an activating group) is 1. The molecule has 0 saturated heterocycles. The van der Waals surface area contributed by atoms with Crippen molar-refractivity contribution in [1.29, 1.82) is 0 Å². The Kier molecular flexibility index (Phi) is 6.74. The highest BCUT2D eigenvalue weighted by molar-refractivity contribution is 6.30. The second-order valence-corrected chi connectivity index (χ2v) is 4.22. The summed E-state index contributed by atoms with van der Waals surface area (Å²) in [5.41, 5.74) is 0. The van der Waals surface area contributed by atoms with Gasteiger partial charge in [0.2, 0.25) is 11.8 Å².